The SMILES string of the molecule is COc1ccccc1NC(=O)c1sc2nc(-c3cccs3)c3c(c2c1N)CCCC3.Cl. The van der Waals surface area contributed by atoms with Crippen LogP contribution >= 0.6 is 35.1 Å². The predicted molar refractivity (Wildman–Crippen MR) is 132 cm³/mol. The molecular formula is C23H22ClN3O2S2. The van der Waals surface area contributed by atoms with Crippen molar-refractivity contribution in [2.45, 2.75) is 25.7 Å². The Kier molecular flexibility index (Phi) is 6.18. The molecule has 5 nitrogen and oxygen atoms in total. The topological polar surface area (TPSA) is 77.2 Å². The summed E-state index contributed by atoms with van der Waals surface area (Å²) >= 11 is 3.06. The molecule has 3 N–H and O–H groups in total. The van der Waals surface area contributed by atoms with Gasteiger partial charge in [0, 0.05) is 5.39 Å². The number of hydrogen-bond donors (Lipinski definition) is 2. The minimum absolute atomic E-state index is 0. The van der Waals surface area contributed by atoms with Gasteiger partial charge >= 0.3 is 0 Å². The number of carbonyl (C=O) groups is 1. The lowest BCUT2D eigenvalue weighted by molar-refractivity contribution is 0.103. The fourth-order valence-corrected chi connectivity index (χ4v) is 5.89. The van der Waals surface area contributed by atoms with Crippen LogP contribution in [0.1, 0.15) is 33.6 Å². The smallest absolute Gasteiger partial charge is 0.268 e. The van der Waals surface area contributed by atoms with E-state index in [-0.39, 0.29) is 18.3 Å². The number of benzene rings is 1. The Morgan fingerprint density at radius 3 is 2.65 bits per heavy atom. The summed E-state index contributed by atoms with van der Waals surface area (Å²) in [5.41, 5.74) is 11.3. The van der Waals surface area contributed by atoms with Gasteiger partial charge in [-0.1, -0.05) is 18.2 Å². The van der Waals surface area contributed by atoms with Gasteiger partial charge in [0.1, 0.15) is 15.5 Å². The monoisotopic (exact) mass is 471 g/mol. The lowest BCUT2D eigenvalue weighted by Gasteiger charge is -2.19. The number of ether oxygens (including phenoxy) is 1. The Morgan fingerprint density at radius 2 is 1.90 bits per heavy atom. The number of carbonyl (C=O) groups excluding carboxylic acids is 1. The molecule has 1 aliphatic rings. The van der Waals surface area contributed by atoms with Gasteiger partial charge in [-0.05, 0) is 60.4 Å². The van der Waals surface area contributed by atoms with Gasteiger partial charge in [0.15, 0.2) is 0 Å². The number of pyridine rings is 1. The zero-order valence-corrected chi connectivity index (χ0v) is 19.4. The van der Waals surface area contributed by atoms with Gasteiger partial charge in [0.25, 0.3) is 5.91 Å². The number of nitrogens with two attached hydrogens (primary N) is 1. The number of thiophene rings is 2. The molecule has 0 fully saturated rings. The molecule has 0 spiro atoms. The Hall–Kier alpha value is -2.61. The number of fused-ring (bicyclic) bond motifs is 3. The molecule has 0 bridgehead atoms. The Balaban J connectivity index is 0.00000231. The average molecular weight is 472 g/mol. The number of hydrogen-bond acceptors (Lipinski definition) is 6. The van der Waals surface area contributed by atoms with Crippen molar-refractivity contribution < 1.29 is 9.53 Å². The number of aromatic nitrogens is 1. The minimum Gasteiger partial charge on any atom is -0.495 e. The van der Waals surface area contributed by atoms with Gasteiger partial charge in [-0.15, -0.1) is 35.1 Å². The van der Waals surface area contributed by atoms with Crippen LogP contribution < -0.4 is 15.8 Å². The first-order valence-corrected chi connectivity index (χ1v) is 11.6. The zero-order valence-electron chi connectivity index (χ0n) is 16.9. The van der Waals surface area contributed by atoms with Crippen molar-refractivity contribution in [3.63, 3.8) is 0 Å². The van der Waals surface area contributed by atoms with Crippen LogP contribution in [0.25, 0.3) is 20.8 Å². The summed E-state index contributed by atoms with van der Waals surface area (Å²) in [6, 6.07) is 11.5. The third-order valence-corrected chi connectivity index (χ3v) is 7.49. The van der Waals surface area contributed by atoms with Crippen LogP contribution in [0.15, 0.2) is 41.8 Å². The highest BCUT2D eigenvalue weighted by Crippen LogP contribution is 2.43. The summed E-state index contributed by atoms with van der Waals surface area (Å²) < 4.78 is 5.35. The standard InChI is InChI=1S/C23H21N3O2S2.ClH/c1-28-16-10-5-4-9-15(16)25-22(27)21-19(24)18-13-7-2-3-8-14(13)20(26-23(18)30-21)17-11-6-12-29-17;/h4-6,9-12H,2-3,7-8,24H2,1H3,(H,25,27);1H. The van der Waals surface area contributed by atoms with E-state index in [9.17, 15) is 4.79 Å². The molecule has 160 valence electrons. The minimum atomic E-state index is -0.234. The number of anilines is 2. The highest BCUT2D eigenvalue weighted by atomic mass is 35.5. The highest BCUT2D eigenvalue weighted by molar-refractivity contribution is 7.21. The number of amides is 1. The second-order valence-corrected chi connectivity index (χ2v) is 9.23. The third kappa shape index (κ3) is 3.78. The summed E-state index contributed by atoms with van der Waals surface area (Å²) in [5, 5.41) is 5.98. The molecule has 4 aromatic rings. The number of halogens is 1. The van der Waals surface area contributed by atoms with E-state index in [2.05, 4.69) is 22.8 Å². The number of nitrogens with one attached hydrogen (secondary N) is 1. The lowest BCUT2D eigenvalue weighted by atomic mass is 9.88. The van der Waals surface area contributed by atoms with Crippen LogP contribution in [-0.4, -0.2) is 18.0 Å². The van der Waals surface area contributed by atoms with E-state index in [1.807, 2.05) is 24.3 Å². The van der Waals surface area contributed by atoms with Crippen molar-refractivity contribution in [1.82, 2.24) is 4.98 Å². The Morgan fingerprint density at radius 1 is 1.13 bits per heavy atom. The number of methoxy groups -OCH3 is 1. The Bertz CT molecular complexity index is 1250. The summed E-state index contributed by atoms with van der Waals surface area (Å²) in [6.07, 6.45) is 4.27. The van der Waals surface area contributed by atoms with Crippen LogP contribution in [-0.2, 0) is 12.8 Å². The van der Waals surface area contributed by atoms with Crippen LogP contribution in [0.5, 0.6) is 5.75 Å². The molecule has 0 atom stereocenters. The van der Waals surface area contributed by atoms with E-state index in [4.69, 9.17) is 15.5 Å². The second kappa shape index (κ2) is 8.86. The molecule has 0 aliphatic heterocycles. The maximum Gasteiger partial charge on any atom is 0.268 e. The molecule has 5 rings (SSSR count). The van der Waals surface area contributed by atoms with Gasteiger partial charge in [0.05, 0.1) is 29.1 Å². The van der Waals surface area contributed by atoms with E-state index in [0.29, 0.717) is 22.0 Å². The summed E-state index contributed by atoms with van der Waals surface area (Å²) in [5.74, 6) is 0.378. The van der Waals surface area contributed by atoms with E-state index in [1.165, 1.54) is 27.3 Å². The summed E-state index contributed by atoms with van der Waals surface area (Å²) in [4.78, 5) is 20.6. The highest BCUT2D eigenvalue weighted by Gasteiger charge is 2.26. The summed E-state index contributed by atoms with van der Waals surface area (Å²) in [6.45, 7) is 0. The van der Waals surface area contributed by atoms with Crippen LogP contribution in [0.3, 0.4) is 0 Å². The van der Waals surface area contributed by atoms with Gasteiger partial charge in [-0.25, -0.2) is 4.98 Å². The van der Waals surface area contributed by atoms with Crippen molar-refractivity contribution in [2.75, 3.05) is 18.2 Å². The maximum atomic E-state index is 13.1. The zero-order chi connectivity index (χ0) is 20.7. The van der Waals surface area contributed by atoms with Gasteiger partial charge < -0.3 is 15.8 Å². The van der Waals surface area contributed by atoms with Gasteiger partial charge in [0.2, 0.25) is 0 Å². The van der Waals surface area contributed by atoms with E-state index >= 15 is 0 Å². The lowest BCUT2D eigenvalue weighted by Crippen LogP contribution is -2.13. The molecular weight excluding hydrogens is 450 g/mol. The number of nitrogens with zero attached hydrogens (tertiary/aromatic N) is 1. The normalized spacial score (nSPS) is 12.8. The summed E-state index contributed by atoms with van der Waals surface area (Å²) in [7, 11) is 1.58. The molecule has 0 saturated carbocycles. The van der Waals surface area contributed by atoms with Crippen LogP contribution in [0, 0.1) is 0 Å². The molecule has 3 heterocycles. The molecule has 31 heavy (non-hydrogen) atoms. The van der Waals surface area contributed by atoms with Crippen molar-refractivity contribution in [1.29, 1.82) is 0 Å². The van der Waals surface area contributed by atoms with Gasteiger partial charge in [-0.2, -0.15) is 0 Å². The number of rotatable bonds is 4. The first-order valence-electron chi connectivity index (χ1n) is 9.89. The van der Waals surface area contributed by atoms with Crippen LogP contribution in [0.2, 0.25) is 0 Å². The first kappa shape index (κ1) is 21.6. The number of aryl methyl sites for hydroxylation is 1. The van der Waals surface area contributed by atoms with Crippen molar-refractivity contribution in [2.24, 2.45) is 0 Å². The molecule has 0 saturated heterocycles. The number of nitrogen functional groups attached to an aromatic ring is 1. The van der Waals surface area contributed by atoms with E-state index < -0.39 is 0 Å². The molecule has 1 amide bonds. The van der Waals surface area contributed by atoms with Crippen LogP contribution in [0.4, 0.5) is 11.4 Å². The quantitative estimate of drug-likeness (QED) is 0.373. The van der Waals surface area contributed by atoms with E-state index in [0.717, 1.165) is 41.6 Å². The second-order valence-electron chi connectivity index (χ2n) is 7.28. The molecule has 3 aromatic heterocycles. The largest absolute Gasteiger partial charge is 0.495 e. The molecule has 1 aromatic carbocycles. The fourth-order valence-electron chi connectivity index (χ4n) is 4.13. The molecule has 8 heteroatoms. The van der Waals surface area contributed by atoms with E-state index in [1.54, 1.807) is 18.4 Å². The average Bonchev–Trinajstić information content (AvgIpc) is 3.42. The van der Waals surface area contributed by atoms with Crippen molar-refractivity contribution in [3.05, 3.63) is 57.8 Å². The Labute approximate surface area is 194 Å². The molecule has 0 radical (unpaired) electrons. The fraction of sp³-hybridized carbons (Fsp3) is 0.217. The van der Waals surface area contributed by atoms with Crippen molar-refractivity contribution in [3.8, 4) is 16.3 Å². The predicted octanol–water partition coefficient (Wildman–Crippen LogP) is 6.17. The third-order valence-electron chi connectivity index (χ3n) is 5.51. The van der Waals surface area contributed by atoms with Crippen molar-refractivity contribution >= 4 is 62.6 Å². The molecule has 1 aliphatic carbocycles. The number of para-hydroxylation sites is 2. The molecule has 0 unspecified atom stereocenters. The first-order chi connectivity index (χ1) is 14.7. The van der Waals surface area contributed by atoms with Gasteiger partial charge in [-0.3, -0.25) is 4.79 Å². The maximum absolute atomic E-state index is 13.1.